The number of methoxy groups -OCH3 is 1. The normalized spacial score (nSPS) is 18.5. The molecular formula is C29H32N2O3. The molecule has 0 spiro atoms. The van der Waals surface area contributed by atoms with Crippen molar-refractivity contribution in [3.63, 3.8) is 0 Å². The van der Waals surface area contributed by atoms with E-state index in [1.807, 2.05) is 30.3 Å². The van der Waals surface area contributed by atoms with E-state index in [4.69, 9.17) is 19.3 Å². The summed E-state index contributed by atoms with van der Waals surface area (Å²) in [5.74, 6) is 2.61. The zero-order valence-electron chi connectivity index (χ0n) is 19.9. The molecule has 34 heavy (non-hydrogen) atoms. The lowest BCUT2D eigenvalue weighted by molar-refractivity contribution is -0.0191. The van der Waals surface area contributed by atoms with Gasteiger partial charge in [0.25, 0.3) is 0 Å². The van der Waals surface area contributed by atoms with E-state index >= 15 is 0 Å². The fourth-order valence-corrected chi connectivity index (χ4v) is 4.66. The minimum atomic E-state index is -0.300. The Labute approximate surface area is 202 Å². The first-order valence-electron chi connectivity index (χ1n) is 12.3. The molecule has 3 aromatic carbocycles. The maximum Gasteiger partial charge on any atom is 0.213 e. The fraction of sp³-hybridized carbons (Fsp3) is 0.345. The van der Waals surface area contributed by atoms with Crippen molar-refractivity contribution in [2.75, 3.05) is 13.7 Å². The van der Waals surface area contributed by atoms with Gasteiger partial charge in [0.15, 0.2) is 0 Å². The highest BCUT2D eigenvalue weighted by Gasteiger charge is 2.41. The summed E-state index contributed by atoms with van der Waals surface area (Å²) in [7, 11) is 1.69. The Morgan fingerprint density at radius 2 is 1.74 bits per heavy atom. The third-order valence-electron chi connectivity index (χ3n) is 6.54. The number of nitrogens with zero attached hydrogens (tertiary/aromatic N) is 2. The Morgan fingerprint density at radius 3 is 2.50 bits per heavy atom. The molecule has 2 heterocycles. The summed E-state index contributed by atoms with van der Waals surface area (Å²) in [4.78, 5) is 0. The third-order valence-corrected chi connectivity index (χ3v) is 6.54. The number of ether oxygens (including phenoxy) is 3. The number of hydrazone groups is 1. The smallest absolute Gasteiger partial charge is 0.213 e. The zero-order valence-corrected chi connectivity index (χ0v) is 19.9. The molecule has 0 amide bonds. The molecule has 0 fully saturated rings. The van der Waals surface area contributed by atoms with Gasteiger partial charge in [-0.2, -0.15) is 5.10 Å². The van der Waals surface area contributed by atoms with Crippen LogP contribution in [-0.2, 0) is 0 Å². The van der Waals surface area contributed by atoms with E-state index in [-0.39, 0.29) is 12.3 Å². The van der Waals surface area contributed by atoms with Crippen LogP contribution in [0, 0.1) is 0 Å². The van der Waals surface area contributed by atoms with Crippen molar-refractivity contribution in [3.05, 3.63) is 89.5 Å². The maximum atomic E-state index is 6.50. The van der Waals surface area contributed by atoms with Crippen molar-refractivity contribution in [2.24, 2.45) is 5.10 Å². The predicted octanol–water partition coefficient (Wildman–Crippen LogP) is 6.90. The highest BCUT2D eigenvalue weighted by Crippen LogP contribution is 2.48. The molecule has 176 valence electrons. The molecule has 0 aromatic heterocycles. The van der Waals surface area contributed by atoms with Gasteiger partial charge in [0.05, 0.1) is 25.5 Å². The van der Waals surface area contributed by atoms with Crippen LogP contribution in [0.4, 0.5) is 0 Å². The van der Waals surface area contributed by atoms with Crippen LogP contribution in [0.25, 0.3) is 0 Å². The van der Waals surface area contributed by atoms with Gasteiger partial charge >= 0.3 is 0 Å². The van der Waals surface area contributed by atoms with Crippen molar-refractivity contribution in [1.29, 1.82) is 0 Å². The number of hydrogen-bond acceptors (Lipinski definition) is 5. The topological polar surface area (TPSA) is 43.3 Å². The maximum absolute atomic E-state index is 6.50. The van der Waals surface area contributed by atoms with Gasteiger partial charge in [-0.3, -0.25) is 0 Å². The molecule has 5 nitrogen and oxygen atoms in total. The molecule has 2 unspecified atom stereocenters. The summed E-state index contributed by atoms with van der Waals surface area (Å²) in [6.07, 6.45) is 5.32. The van der Waals surface area contributed by atoms with E-state index in [1.165, 1.54) is 19.3 Å². The second kappa shape index (κ2) is 10.2. The minimum Gasteiger partial charge on any atom is -0.497 e. The van der Waals surface area contributed by atoms with Crippen molar-refractivity contribution >= 4 is 5.71 Å². The molecule has 5 heteroatoms. The van der Waals surface area contributed by atoms with Crippen LogP contribution in [0.2, 0.25) is 0 Å². The average molecular weight is 457 g/mol. The average Bonchev–Trinajstić information content (AvgIpc) is 3.35. The van der Waals surface area contributed by atoms with E-state index in [0.717, 1.165) is 59.1 Å². The lowest BCUT2D eigenvalue weighted by Gasteiger charge is -2.38. The first-order valence-corrected chi connectivity index (χ1v) is 12.3. The van der Waals surface area contributed by atoms with Gasteiger partial charge < -0.3 is 14.2 Å². The summed E-state index contributed by atoms with van der Waals surface area (Å²) in [5, 5.41) is 7.15. The molecule has 2 aliphatic heterocycles. The second-order valence-electron chi connectivity index (χ2n) is 8.86. The SMILES string of the molecule is CCCCCCOc1ccc(C2Oc3ccc(OC)cc3C3CC(c4ccccc4)=NN32)cc1. The predicted molar refractivity (Wildman–Crippen MR) is 135 cm³/mol. The van der Waals surface area contributed by atoms with Crippen LogP contribution in [0.1, 0.15) is 68.0 Å². The van der Waals surface area contributed by atoms with E-state index in [2.05, 4.69) is 54.4 Å². The number of unbranched alkanes of at least 4 members (excludes halogenated alkanes) is 3. The molecule has 2 atom stereocenters. The minimum absolute atomic E-state index is 0.0912. The van der Waals surface area contributed by atoms with E-state index in [0.29, 0.717) is 0 Å². The first-order chi connectivity index (χ1) is 16.8. The highest BCUT2D eigenvalue weighted by molar-refractivity contribution is 6.01. The molecular weight excluding hydrogens is 424 g/mol. The van der Waals surface area contributed by atoms with Crippen molar-refractivity contribution < 1.29 is 14.2 Å². The lowest BCUT2D eigenvalue weighted by atomic mass is 9.95. The van der Waals surface area contributed by atoms with Crippen LogP contribution in [0.3, 0.4) is 0 Å². The summed E-state index contributed by atoms with van der Waals surface area (Å²) in [6.45, 7) is 2.98. The number of benzene rings is 3. The van der Waals surface area contributed by atoms with Gasteiger partial charge in [0.2, 0.25) is 6.23 Å². The summed E-state index contributed by atoms with van der Waals surface area (Å²) in [5.41, 5.74) is 4.38. The monoisotopic (exact) mass is 456 g/mol. The molecule has 3 aromatic rings. The van der Waals surface area contributed by atoms with Gasteiger partial charge in [-0.25, -0.2) is 5.01 Å². The van der Waals surface area contributed by atoms with Crippen LogP contribution >= 0.6 is 0 Å². The van der Waals surface area contributed by atoms with Gasteiger partial charge in [-0.1, -0.05) is 56.5 Å². The largest absolute Gasteiger partial charge is 0.497 e. The van der Waals surface area contributed by atoms with Crippen molar-refractivity contribution in [2.45, 2.75) is 51.3 Å². The summed E-state index contributed by atoms with van der Waals surface area (Å²) < 4.78 is 17.9. The lowest BCUT2D eigenvalue weighted by Crippen LogP contribution is -2.33. The zero-order chi connectivity index (χ0) is 23.3. The van der Waals surface area contributed by atoms with Gasteiger partial charge in [-0.05, 0) is 54.4 Å². The molecule has 0 radical (unpaired) electrons. The Bertz CT molecular complexity index is 1130. The molecule has 0 bridgehead atoms. The number of fused-ring (bicyclic) bond motifs is 3. The Morgan fingerprint density at radius 1 is 0.941 bits per heavy atom. The molecule has 0 saturated heterocycles. The molecule has 5 rings (SSSR count). The Hall–Kier alpha value is -3.47. The van der Waals surface area contributed by atoms with Crippen molar-refractivity contribution in [1.82, 2.24) is 5.01 Å². The summed E-state index contributed by atoms with van der Waals surface area (Å²) >= 11 is 0. The second-order valence-corrected chi connectivity index (χ2v) is 8.86. The van der Waals surface area contributed by atoms with Crippen LogP contribution in [0.15, 0.2) is 77.9 Å². The molecule has 0 aliphatic carbocycles. The Kier molecular flexibility index (Phi) is 6.70. The fourth-order valence-electron chi connectivity index (χ4n) is 4.66. The first kappa shape index (κ1) is 22.3. The van der Waals surface area contributed by atoms with E-state index in [1.54, 1.807) is 7.11 Å². The molecule has 0 N–H and O–H groups in total. The van der Waals surface area contributed by atoms with E-state index in [9.17, 15) is 0 Å². The van der Waals surface area contributed by atoms with Crippen molar-refractivity contribution in [3.8, 4) is 17.2 Å². The Balaban J connectivity index is 1.40. The van der Waals surface area contributed by atoms with Gasteiger partial charge in [-0.15, -0.1) is 0 Å². The van der Waals surface area contributed by atoms with Crippen LogP contribution in [0.5, 0.6) is 17.2 Å². The highest BCUT2D eigenvalue weighted by atomic mass is 16.5. The quantitative estimate of drug-likeness (QED) is 0.329. The van der Waals surface area contributed by atoms with Crippen LogP contribution in [-0.4, -0.2) is 24.4 Å². The number of rotatable bonds is 9. The van der Waals surface area contributed by atoms with Gasteiger partial charge in [0, 0.05) is 17.5 Å². The summed E-state index contributed by atoms with van der Waals surface area (Å²) in [6, 6.07) is 24.8. The third kappa shape index (κ3) is 4.60. The molecule has 0 saturated carbocycles. The standard InChI is InChI=1S/C29H32N2O3/c1-3-4-5-9-18-33-23-14-12-22(13-15-23)29-31-27(20-26(30-31)21-10-7-6-8-11-21)25-19-24(32-2)16-17-28(25)34-29/h6-8,10-17,19,27,29H,3-5,9,18,20H2,1-2H3. The molecule has 2 aliphatic rings. The van der Waals surface area contributed by atoms with Gasteiger partial charge in [0.1, 0.15) is 17.2 Å². The van der Waals surface area contributed by atoms with Crippen LogP contribution < -0.4 is 14.2 Å². The number of hydrogen-bond donors (Lipinski definition) is 0. The van der Waals surface area contributed by atoms with E-state index < -0.39 is 0 Å².